The van der Waals surface area contributed by atoms with E-state index in [2.05, 4.69) is 76.1 Å². The maximum atomic E-state index is 13.8. The molecule has 4 atom stereocenters. The highest BCUT2D eigenvalue weighted by Crippen LogP contribution is 2.50. The molecule has 4 aromatic rings. The number of nitrogens with zero attached hydrogens (tertiary/aromatic N) is 4. The summed E-state index contributed by atoms with van der Waals surface area (Å²) in [7, 11) is 2.59. The van der Waals surface area contributed by atoms with Crippen LogP contribution in [0.1, 0.15) is 103 Å². The maximum Gasteiger partial charge on any atom is 0.407 e. The summed E-state index contributed by atoms with van der Waals surface area (Å²) in [5.41, 5.74) is 7.02. The van der Waals surface area contributed by atoms with Crippen molar-refractivity contribution in [3.63, 3.8) is 0 Å². The van der Waals surface area contributed by atoms with E-state index in [4.69, 9.17) is 19.4 Å². The summed E-state index contributed by atoms with van der Waals surface area (Å²) in [5.74, 6) is 1.04. The van der Waals surface area contributed by atoms with Crippen LogP contribution in [-0.4, -0.2) is 93.1 Å². The lowest BCUT2D eigenvalue weighted by Crippen LogP contribution is -2.51. The molecule has 4 N–H and O–H groups in total. The number of amides is 4. The van der Waals surface area contributed by atoms with Gasteiger partial charge >= 0.3 is 12.2 Å². The number of aromatic nitrogens is 4. The van der Waals surface area contributed by atoms with Gasteiger partial charge in [-0.2, -0.15) is 0 Å². The molecule has 2 aliphatic heterocycles. The summed E-state index contributed by atoms with van der Waals surface area (Å²) in [5, 5.41) is 5.44. The van der Waals surface area contributed by atoms with Crippen LogP contribution in [0.4, 0.5) is 9.59 Å². The minimum Gasteiger partial charge on any atom is -0.453 e. The van der Waals surface area contributed by atoms with Gasteiger partial charge in [-0.05, 0) is 67.1 Å². The van der Waals surface area contributed by atoms with Crippen molar-refractivity contribution in [2.45, 2.75) is 103 Å². The summed E-state index contributed by atoms with van der Waals surface area (Å²) in [6.45, 7) is 11.1. The van der Waals surface area contributed by atoms with Gasteiger partial charge in [0, 0.05) is 29.8 Å². The van der Waals surface area contributed by atoms with Gasteiger partial charge in [-0.3, -0.25) is 9.59 Å². The number of ether oxygens (including phenoxy) is 2. The third-order valence-electron chi connectivity index (χ3n) is 12.1. The van der Waals surface area contributed by atoms with Crippen LogP contribution in [0.5, 0.6) is 0 Å². The van der Waals surface area contributed by atoms with Gasteiger partial charge in [0.05, 0.1) is 43.9 Å². The lowest BCUT2D eigenvalue weighted by molar-refractivity contribution is -0.136. The van der Waals surface area contributed by atoms with Gasteiger partial charge in [0.2, 0.25) is 11.8 Å². The normalized spacial score (nSPS) is 19.6. The van der Waals surface area contributed by atoms with Crippen molar-refractivity contribution in [2.24, 2.45) is 11.8 Å². The zero-order chi connectivity index (χ0) is 41.3. The number of rotatable bonds is 12. The van der Waals surface area contributed by atoms with Gasteiger partial charge in [-0.15, -0.1) is 0 Å². The van der Waals surface area contributed by atoms with Crippen LogP contribution < -0.4 is 10.6 Å². The molecule has 3 aliphatic rings. The maximum absolute atomic E-state index is 13.8. The number of methoxy groups -OCH3 is 2. The summed E-state index contributed by atoms with van der Waals surface area (Å²) >= 11 is 0. The summed E-state index contributed by atoms with van der Waals surface area (Å²) in [4.78, 5) is 72.2. The Morgan fingerprint density at radius 1 is 0.707 bits per heavy atom. The van der Waals surface area contributed by atoms with Crippen molar-refractivity contribution in [3.05, 3.63) is 72.1 Å². The van der Waals surface area contributed by atoms with E-state index in [1.807, 2.05) is 43.7 Å². The number of likely N-dealkylation sites (tertiary alicyclic amines) is 2. The number of H-pyrrole nitrogens is 2. The van der Waals surface area contributed by atoms with E-state index in [0.29, 0.717) is 13.1 Å². The Balaban J connectivity index is 1.06. The van der Waals surface area contributed by atoms with Crippen molar-refractivity contribution < 1.29 is 28.7 Å². The molecule has 4 unspecified atom stereocenters. The summed E-state index contributed by atoms with van der Waals surface area (Å²) in [6, 6.07) is 15.0. The molecule has 4 heterocycles. The minimum absolute atomic E-state index is 0.00572. The van der Waals surface area contributed by atoms with Crippen LogP contribution in [0.2, 0.25) is 0 Å². The molecule has 14 nitrogen and oxygen atoms in total. The number of hydrogen-bond acceptors (Lipinski definition) is 8. The van der Waals surface area contributed by atoms with Gasteiger partial charge in [0.25, 0.3) is 0 Å². The molecule has 4 amide bonds. The molecule has 3 fully saturated rings. The van der Waals surface area contributed by atoms with E-state index in [1.165, 1.54) is 14.2 Å². The highest BCUT2D eigenvalue weighted by atomic mass is 16.5. The van der Waals surface area contributed by atoms with Crippen LogP contribution in [0.15, 0.2) is 54.7 Å². The molecule has 7 rings (SSSR count). The molecular weight excluding hydrogens is 737 g/mol. The molecule has 2 aromatic carbocycles. The lowest BCUT2D eigenvalue weighted by Gasteiger charge is -2.30. The van der Waals surface area contributed by atoms with Gasteiger partial charge in [0.15, 0.2) is 0 Å². The Bertz CT molecular complexity index is 2120. The van der Waals surface area contributed by atoms with Gasteiger partial charge in [0.1, 0.15) is 23.7 Å². The molecule has 14 heteroatoms. The highest BCUT2D eigenvalue weighted by molar-refractivity contribution is 5.87. The Morgan fingerprint density at radius 3 is 1.64 bits per heavy atom. The monoisotopic (exact) mass is 792 g/mol. The number of carbonyl (C=O) groups excluding carboxylic acids is 4. The van der Waals surface area contributed by atoms with E-state index >= 15 is 0 Å². The molecule has 58 heavy (non-hydrogen) atoms. The molecule has 0 spiro atoms. The quantitative estimate of drug-likeness (QED) is 0.116. The van der Waals surface area contributed by atoms with Crippen LogP contribution in [0.25, 0.3) is 33.6 Å². The van der Waals surface area contributed by atoms with Crippen molar-refractivity contribution in [1.29, 1.82) is 0 Å². The van der Waals surface area contributed by atoms with E-state index in [0.717, 1.165) is 89.5 Å². The molecule has 2 aromatic heterocycles. The van der Waals surface area contributed by atoms with Crippen molar-refractivity contribution in [2.75, 3.05) is 27.3 Å². The smallest absolute Gasteiger partial charge is 0.407 e. The fraction of sp³-hybridized carbons (Fsp3) is 0.500. The molecule has 0 bridgehead atoms. The zero-order valence-corrected chi connectivity index (χ0v) is 34.6. The molecular formula is C44H56N8O6. The number of imidazole rings is 2. The second-order valence-corrected chi connectivity index (χ2v) is 16.8. The summed E-state index contributed by atoms with van der Waals surface area (Å²) < 4.78 is 9.58. The molecule has 1 aliphatic carbocycles. The Labute approximate surface area is 339 Å². The first-order valence-electron chi connectivity index (χ1n) is 20.5. The molecule has 1 saturated carbocycles. The van der Waals surface area contributed by atoms with Gasteiger partial charge in [-0.1, -0.05) is 83.1 Å². The topological polar surface area (TPSA) is 175 Å². The second kappa shape index (κ2) is 16.7. The SMILES string of the molecule is COC(=O)NC(C(=O)N1CCCC1c1ncc(-c2ccc(-c3ccc(-c4nc(C5CCCN5C(=O)C(NC(=O)OC)C(C)C)[nH]c4C4(C)CC4)cc3)cc2)[nH]1)C(C)C. The fourth-order valence-corrected chi connectivity index (χ4v) is 8.33. The average molecular weight is 793 g/mol. The first-order valence-corrected chi connectivity index (χ1v) is 20.5. The van der Waals surface area contributed by atoms with Crippen LogP contribution >= 0.6 is 0 Å². The third-order valence-corrected chi connectivity index (χ3v) is 12.1. The van der Waals surface area contributed by atoms with Gasteiger partial charge < -0.3 is 39.9 Å². The van der Waals surface area contributed by atoms with E-state index in [1.54, 1.807) is 0 Å². The number of alkyl carbamates (subject to hydrolysis) is 2. The summed E-state index contributed by atoms with van der Waals surface area (Å²) in [6.07, 6.45) is 5.99. The average Bonchev–Trinajstić information content (AvgIpc) is 3.82. The second-order valence-electron chi connectivity index (χ2n) is 16.8. The van der Waals surface area contributed by atoms with E-state index < -0.39 is 24.3 Å². The van der Waals surface area contributed by atoms with Crippen LogP contribution in [0.3, 0.4) is 0 Å². The molecule has 0 radical (unpaired) electrons. The zero-order valence-electron chi connectivity index (χ0n) is 34.6. The number of benzene rings is 2. The number of carbonyl (C=O) groups is 4. The Morgan fingerprint density at radius 2 is 1.17 bits per heavy atom. The predicted octanol–water partition coefficient (Wildman–Crippen LogP) is 7.27. The third kappa shape index (κ3) is 8.19. The standard InChI is InChI=1S/C44H56N8O6/c1-25(2)34(48-42(55)57-6)40(53)51-22-8-10-32(51)38-45-24-31(46-38)29-16-12-27(13-17-29)28-14-18-30(19-15-28)36-37(44(5)20-21-44)50-39(47-36)33-11-9-23-52(33)41(54)35(26(3)4)49-43(56)58-7/h12-19,24-26,32-35H,8-11,20-23H2,1-7H3,(H,45,46)(H,47,50)(H,48,55)(H,49,56). The number of hydrogen-bond donors (Lipinski definition) is 4. The van der Waals surface area contributed by atoms with Crippen LogP contribution in [-0.2, 0) is 24.5 Å². The first-order chi connectivity index (χ1) is 27.8. The Hall–Kier alpha value is -5.66. The van der Waals surface area contributed by atoms with Crippen molar-refractivity contribution in [1.82, 2.24) is 40.4 Å². The lowest BCUT2D eigenvalue weighted by atomic mass is 9.97. The Kier molecular flexibility index (Phi) is 11.7. The fourth-order valence-electron chi connectivity index (χ4n) is 8.33. The largest absolute Gasteiger partial charge is 0.453 e. The first kappa shape index (κ1) is 40.5. The number of nitrogens with one attached hydrogen (secondary N) is 4. The van der Waals surface area contributed by atoms with Crippen LogP contribution in [0, 0.1) is 11.8 Å². The van der Waals surface area contributed by atoms with Crippen molar-refractivity contribution >= 4 is 24.0 Å². The number of aromatic amines is 2. The molecule has 2 saturated heterocycles. The molecule has 308 valence electrons. The van der Waals surface area contributed by atoms with Crippen molar-refractivity contribution in [3.8, 4) is 33.6 Å². The van der Waals surface area contributed by atoms with Gasteiger partial charge in [-0.25, -0.2) is 19.6 Å². The van der Waals surface area contributed by atoms with E-state index in [9.17, 15) is 19.2 Å². The minimum atomic E-state index is -0.691. The highest BCUT2D eigenvalue weighted by Gasteiger charge is 2.45. The van der Waals surface area contributed by atoms with E-state index in [-0.39, 0.29) is 41.1 Å². The predicted molar refractivity (Wildman–Crippen MR) is 219 cm³/mol.